The second kappa shape index (κ2) is 9.00. The Morgan fingerprint density at radius 3 is 2.47 bits per heavy atom. The van der Waals surface area contributed by atoms with Gasteiger partial charge in [-0.05, 0) is 57.8 Å². The molecule has 182 valence electrons. The largest absolute Gasteiger partial charge is 0.497 e. The molecule has 5 rings (SSSR count). The first-order valence-electron chi connectivity index (χ1n) is 11.7. The van der Waals surface area contributed by atoms with E-state index < -0.39 is 17.5 Å². The van der Waals surface area contributed by atoms with Gasteiger partial charge in [0.1, 0.15) is 17.8 Å². The Bertz CT molecular complexity index is 1510. The van der Waals surface area contributed by atoms with E-state index in [0.29, 0.717) is 12.1 Å². The van der Waals surface area contributed by atoms with Crippen LogP contribution in [0.5, 0.6) is 5.75 Å². The summed E-state index contributed by atoms with van der Waals surface area (Å²) in [6.07, 6.45) is 0. The van der Waals surface area contributed by atoms with E-state index in [2.05, 4.69) is 5.32 Å². The third kappa shape index (κ3) is 4.02. The Morgan fingerprint density at radius 1 is 0.944 bits per heavy atom. The van der Waals surface area contributed by atoms with Gasteiger partial charge < -0.3 is 15.0 Å². The standard InChI is InChI=1S/C29H27N3O4/c1-29(25-10-6-8-20-7-4-5-9-24(20)25)27(34)32(28(35)30-29)18-26(33)31(2)17-19-11-12-22-16-23(36-3)14-13-21(22)15-19/h4-16H,17-18H2,1-3H3,(H,30,35)/t29-/m0/s1. The first kappa shape index (κ1) is 23.4. The van der Waals surface area contributed by atoms with Gasteiger partial charge in [0.2, 0.25) is 5.91 Å². The van der Waals surface area contributed by atoms with Crippen molar-refractivity contribution in [3.05, 3.63) is 90.0 Å². The number of fused-ring (bicyclic) bond motifs is 2. The molecule has 1 aliphatic heterocycles. The molecule has 7 heteroatoms. The number of nitrogens with zero attached hydrogens (tertiary/aromatic N) is 2. The van der Waals surface area contributed by atoms with Gasteiger partial charge in [-0.3, -0.25) is 14.5 Å². The van der Waals surface area contributed by atoms with Crippen molar-refractivity contribution in [2.75, 3.05) is 20.7 Å². The van der Waals surface area contributed by atoms with Crippen LogP contribution in [0.3, 0.4) is 0 Å². The normalized spacial score (nSPS) is 17.5. The van der Waals surface area contributed by atoms with Crippen molar-refractivity contribution in [3.63, 3.8) is 0 Å². The van der Waals surface area contributed by atoms with Gasteiger partial charge >= 0.3 is 6.03 Å². The molecule has 0 aromatic heterocycles. The Hall–Kier alpha value is -4.39. The molecule has 7 nitrogen and oxygen atoms in total. The van der Waals surface area contributed by atoms with Crippen LogP contribution in [0, 0.1) is 0 Å². The quantitative estimate of drug-likeness (QED) is 0.414. The Labute approximate surface area is 209 Å². The van der Waals surface area contributed by atoms with E-state index in [4.69, 9.17) is 4.74 Å². The monoisotopic (exact) mass is 481 g/mol. The topological polar surface area (TPSA) is 79.0 Å². The first-order valence-corrected chi connectivity index (χ1v) is 11.7. The number of amides is 4. The summed E-state index contributed by atoms with van der Waals surface area (Å²) in [5.74, 6) is 0.0207. The Balaban J connectivity index is 1.32. The van der Waals surface area contributed by atoms with Crippen molar-refractivity contribution in [1.82, 2.24) is 15.1 Å². The fourth-order valence-corrected chi connectivity index (χ4v) is 4.80. The second-order valence-corrected chi connectivity index (χ2v) is 9.27. The molecule has 1 saturated heterocycles. The molecule has 1 aliphatic rings. The number of hydrogen-bond donors (Lipinski definition) is 1. The number of benzene rings is 4. The third-order valence-electron chi connectivity index (χ3n) is 6.85. The smallest absolute Gasteiger partial charge is 0.325 e. The van der Waals surface area contributed by atoms with Crippen LogP contribution in [0.4, 0.5) is 4.79 Å². The molecule has 0 radical (unpaired) electrons. The molecule has 4 amide bonds. The number of hydrogen-bond acceptors (Lipinski definition) is 4. The van der Waals surface area contributed by atoms with Crippen LogP contribution in [0.2, 0.25) is 0 Å². The van der Waals surface area contributed by atoms with Gasteiger partial charge in [-0.2, -0.15) is 0 Å². The third-order valence-corrected chi connectivity index (χ3v) is 6.85. The number of methoxy groups -OCH3 is 1. The van der Waals surface area contributed by atoms with E-state index in [0.717, 1.165) is 37.8 Å². The summed E-state index contributed by atoms with van der Waals surface area (Å²) in [7, 11) is 3.30. The maximum atomic E-state index is 13.5. The SMILES string of the molecule is COc1ccc2cc(CN(C)C(=O)CN3C(=O)N[C@@](C)(c4cccc5ccccc45)C3=O)ccc2c1. The van der Waals surface area contributed by atoms with Crippen molar-refractivity contribution in [2.45, 2.75) is 19.0 Å². The minimum Gasteiger partial charge on any atom is -0.497 e. The fourth-order valence-electron chi connectivity index (χ4n) is 4.80. The predicted octanol–water partition coefficient (Wildman–Crippen LogP) is 4.43. The zero-order valence-electron chi connectivity index (χ0n) is 20.4. The molecule has 1 heterocycles. The molecule has 1 atom stereocenters. The van der Waals surface area contributed by atoms with Gasteiger partial charge in [-0.15, -0.1) is 0 Å². The van der Waals surface area contributed by atoms with Crippen molar-refractivity contribution < 1.29 is 19.1 Å². The zero-order valence-corrected chi connectivity index (χ0v) is 20.4. The number of carbonyl (C=O) groups is 3. The molecule has 1 fully saturated rings. The van der Waals surface area contributed by atoms with E-state index in [-0.39, 0.29) is 12.5 Å². The number of urea groups is 1. The van der Waals surface area contributed by atoms with Crippen molar-refractivity contribution in [3.8, 4) is 5.75 Å². The number of ether oxygens (including phenoxy) is 1. The van der Waals surface area contributed by atoms with E-state index >= 15 is 0 Å². The van der Waals surface area contributed by atoms with Crippen LogP contribution in [-0.4, -0.2) is 48.3 Å². The molecule has 4 aromatic rings. The average Bonchev–Trinajstić information content (AvgIpc) is 3.11. The summed E-state index contributed by atoms with van der Waals surface area (Å²) >= 11 is 0. The second-order valence-electron chi connectivity index (χ2n) is 9.27. The number of imide groups is 1. The van der Waals surface area contributed by atoms with Crippen LogP contribution in [0.15, 0.2) is 78.9 Å². The zero-order chi connectivity index (χ0) is 25.4. The van der Waals surface area contributed by atoms with Gasteiger partial charge in [0.15, 0.2) is 0 Å². The summed E-state index contributed by atoms with van der Waals surface area (Å²) in [5, 5.41) is 6.75. The highest BCUT2D eigenvalue weighted by Gasteiger charge is 2.50. The highest BCUT2D eigenvalue weighted by Crippen LogP contribution is 2.34. The van der Waals surface area contributed by atoms with Gasteiger partial charge in [0.05, 0.1) is 7.11 Å². The molecular formula is C29H27N3O4. The average molecular weight is 482 g/mol. The lowest BCUT2D eigenvalue weighted by atomic mass is 9.88. The fraction of sp³-hybridized carbons (Fsp3) is 0.207. The van der Waals surface area contributed by atoms with Crippen LogP contribution in [0.1, 0.15) is 18.1 Å². The maximum Gasteiger partial charge on any atom is 0.325 e. The Morgan fingerprint density at radius 2 is 1.67 bits per heavy atom. The number of nitrogens with one attached hydrogen (secondary N) is 1. The highest BCUT2D eigenvalue weighted by molar-refractivity contribution is 6.10. The van der Waals surface area contributed by atoms with Crippen LogP contribution in [-0.2, 0) is 21.7 Å². The molecule has 0 bridgehead atoms. The molecule has 0 unspecified atom stereocenters. The predicted molar refractivity (Wildman–Crippen MR) is 139 cm³/mol. The molecule has 0 aliphatic carbocycles. The molecular weight excluding hydrogens is 454 g/mol. The van der Waals surface area contributed by atoms with Gasteiger partial charge in [-0.25, -0.2) is 4.79 Å². The van der Waals surface area contributed by atoms with E-state index in [1.54, 1.807) is 21.1 Å². The Kier molecular flexibility index (Phi) is 5.84. The summed E-state index contributed by atoms with van der Waals surface area (Å²) < 4.78 is 5.28. The summed E-state index contributed by atoms with van der Waals surface area (Å²) in [6.45, 7) is 1.71. The maximum absolute atomic E-state index is 13.5. The number of likely N-dealkylation sites (N-methyl/N-ethyl adjacent to an activating group) is 1. The molecule has 1 N–H and O–H groups in total. The van der Waals surface area contributed by atoms with Gasteiger partial charge in [-0.1, -0.05) is 60.7 Å². The van der Waals surface area contributed by atoms with E-state index in [9.17, 15) is 14.4 Å². The summed E-state index contributed by atoms with van der Waals surface area (Å²) in [5.41, 5.74) is 0.396. The van der Waals surface area contributed by atoms with Crippen molar-refractivity contribution in [2.24, 2.45) is 0 Å². The minimum atomic E-state index is -1.25. The van der Waals surface area contributed by atoms with Crippen molar-refractivity contribution in [1.29, 1.82) is 0 Å². The summed E-state index contributed by atoms with van der Waals surface area (Å²) in [6, 6.07) is 24.6. The van der Waals surface area contributed by atoms with E-state index in [1.165, 1.54) is 4.90 Å². The lowest BCUT2D eigenvalue weighted by molar-refractivity contribution is -0.138. The first-order chi connectivity index (χ1) is 17.3. The molecule has 0 saturated carbocycles. The lowest BCUT2D eigenvalue weighted by Crippen LogP contribution is -2.43. The minimum absolute atomic E-state index is 0.324. The number of carbonyl (C=O) groups excluding carboxylic acids is 3. The highest BCUT2D eigenvalue weighted by atomic mass is 16.5. The van der Waals surface area contributed by atoms with Gasteiger partial charge in [0.25, 0.3) is 5.91 Å². The van der Waals surface area contributed by atoms with Crippen LogP contribution in [0.25, 0.3) is 21.5 Å². The van der Waals surface area contributed by atoms with Crippen LogP contribution < -0.4 is 10.1 Å². The van der Waals surface area contributed by atoms with Gasteiger partial charge in [0, 0.05) is 13.6 Å². The number of rotatable bonds is 6. The molecule has 0 spiro atoms. The molecule has 36 heavy (non-hydrogen) atoms. The van der Waals surface area contributed by atoms with E-state index in [1.807, 2.05) is 78.9 Å². The van der Waals surface area contributed by atoms with Crippen LogP contribution >= 0.6 is 0 Å². The molecule has 4 aromatic carbocycles. The lowest BCUT2D eigenvalue weighted by Gasteiger charge is -2.24. The summed E-state index contributed by atoms with van der Waals surface area (Å²) in [4.78, 5) is 41.9. The van der Waals surface area contributed by atoms with Crippen molar-refractivity contribution >= 4 is 39.4 Å².